The van der Waals surface area contributed by atoms with Gasteiger partial charge in [-0.3, -0.25) is 0 Å². The zero-order valence-electron chi connectivity index (χ0n) is 15.9. The number of hydrogen-bond acceptors (Lipinski definition) is 4. The van der Waals surface area contributed by atoms with Gasteiger partial charge in [-0.15, -0.1) is 0 Å². The molecule has 1 saturated heterocycles. The molecule has 1 aromatic heterocycles. The number of nitrogens with one attached hydrogen (secondary N) is 1. The van der Waals surface area contributed by atoms with Gasteiger partial charge in [-0.25, -0.2) is 4.79 Å². The van der Waals surface area contributed by atoms with Gasteiger partial charge in [-0.2, -0.15) is 0 Å². The minimum atomic E-state index is -0.221. The van der Waals surface area contributed by atoms with E-state index >= 15 is 0 Å². The van der Waals surface area contributed by atoms with Crippen LogP contribution in [0.4, 0.5) is 10.5 Å². The Morgan fingerprint density at radius 2 is 2.19 bits per heavy atom. The van der Waals surface area contributed by atoms with Crippen molar-refractivity contribution in [2.45, 2.75) is 38.6 Å². The molecular weight excluding hydrogens is 344 g/mol. The van der Waals surface area contributed by atoms with Crippen LogP contribution in [-0.4, -0.2) is 37.8 Å². The molecule has 1 aliphatic carbocycles. The highest BCUT2D eigenvalue weighted by atomic mass is 16.5. The lowest BCUT2D eigenvalue weighted by atomic mass is 10.1. The second-order valence-corrected chi connectivity index (χ2v) is 7.01. The monoisotopic (exact) mass is 370 g/mol. The highest BCUT2D eigenvalue weighted by Gasteiger charge is 2.32. The number of methoxy groups -OCH3 is 1. The molecule has 0 saturated carbocycles. The predicted molar refractivity (Wildman–Crippen MR) is 102 cm³/mol. The maximum atomic E-state index is 13.2. The number of nitrogens with zero attached hydrogens (tertiary/aromatic N) is 1. The second kappa shape index (κ2) is 7.64. The third-order valence-electron chi connectivity index (χ3n) is 5.45. The minimum absolute atomic E-state index is 0.142. The first-order chi connectivity index (χ1) is 13.2. The van der Waals surface area contributed by atoms with E-state index in [0.717, 1.165) is 42.9 Å². The molecule has 27 heavy (non-hydrogen) atoms. The molecule has 1 unspecified atom stereocenters. The van der Waals surface area contributed by atoms with Gasteiger partial charge < -0.3 is 24.1 Å². The fourth-order valence-electron chi connectivity index (χ4n) is 3.98. The minimum Gasteiger partial charge on any atom is -0.495 e. The van der Waals surface area contributed by atoms with Crippen LogP contribution in [0.2, 0.25) is 0 Å². The number of aryl methyl sites for hydroxylation is 2. The van der Waals surface area contributed by atoms with Gasteiger partial charge in [0.05, 0.1) is 26.0 Å². The van der Waals surface area contributed by atoms with Crippen molar-refractivity contribution in [2.24, 2.45) is 0 Å². The zero-order valence-corrected chi connectivity index (χ0v) is 15.9. The molecule has 2 amide bonds. The molecule has 6 heteroatoms. The number of hydrogen-bond donors (Lipinski definition) is 1. The predicted octanol–water partition coefficient (Wildman–Crippen LogP) is 3.94. The van der Waals surface area contributed by atoms with E-state index in [4.69, 9.17) is 13.9 Å². The number of carbonyl (C=O) groups excluding carboxylic acids is 1. The largest absolute Gasteiger partial charge is 0.495 e. The number of ether oxygens (including phenoxy) is 2. The van der Waals surface area contributed by atoms with Crippen molar-refractivity contribution >= 4 is 11.7 Å². The van der Waals surface area contributed by atoms with Crippen LogP contribution < -0.4 is 10.1 Å². The number of furan rings is 1. The van der Waals surface area contributed by atoms with E-state index in [2.05, 4.69) is 11.4 Å². The maximum absolute atomic E-state index is 13.2. The highest BCUT2D eigenvalue weighted by Crippen LogP contribution is 2.37. The van der Waals surface area contributed by atoms with Gasteiger partial charge in [0, 0.05) is 13.0 Å². The molecule has 2 heterocycles. The van der Waals surface area contributed by atoms with E-state index in [1.165, 1.54) is 11.1 Å². The van der Waals surface area contributed by atoms with E-state index in [1.54, 1.807) is 12.0 Å². The standard InChI is InChI=1S/C21H26N2O4/c1-3-15-8-10-18(27-15)17-13-26-12-11-23(17)21(24)22-20-16-6-4-5-14(16)7-9-19(20)25-2/h7-10,17H,3-6,11-13H2,1-2H3,(H,22,24). The summed E-state index contributed by atoms with van der Waals surface area (Å²) in [6, 6.07) is 7.59. The van der Waals surface area contributed by atoms with Gasteiger partial charge in [0.25, 0.3) is 0 Å². The number of benzene rings is 1. The van der Waals surface area contributed by atoms with Crippen molar-refractivity contribution in [3.8, 4) is 5.75 Å². The van der Waals surface area contributed by atoms with Crippen molar-refractivity contribution in [3.63, 3.8) is 0 Å². The summed E-state index contributed by atoms with van der Waals surface area (Å²) in [7, 11) is 1.64. The van der Waals surface area contributed by atoms with E-state index in [9.17, 15) is 4.79 Å². The summed E-state index contributed by atoms with van der Waals surface area (Å²) in [6.45, 7) is 3.53. The molecule has 0 bridgehead atoms. The Morgan fingerprint density at radius 3 is 2.96 bits per heavy atom. The number of morpholine rings is 1. The maximum Gasteiger partial charge on any atom is 0.322 e. The van der Waals surface area contributed by atoms with Gasteiger partial charge >= 0.3 is 6.03 Å². The quantitative estimate of drug-likeness (QED) is 0.885. The molecule has 144 valence electrons. The Balaban J connectivity index is 1.59. The third kappa shape index (κ3) is 3.41. The van der Waals surface area contributed by atoms with Crippen LogP contribution in [0.25, 0.3) is 0 Å². The van der Waals surface area contributed by atoms with Crippen molar-refractivity contribution in [2.75, 3.05) is 32.2 Å². The molecule has 6 nitrogen and oxygen atoms in total. The molecule has 1 N–H and O–H groups in total. The van der Waals surface area contributed by atoms with Crippen molar-refractivity contribution < 1.29 is 18.7 Å². The number of urea groups is 1. The van der Waals surface area contributed by atoms with Crippen molar-refractivity contribution in [1.82, 2.24) is 4.90 Å². The molecule has 0 radical (unpaired) electrons. The lowest BCUT2D eigenvalue weighted by molar-refractivity contribution is 0.00700. The second-order valence-electron chi connectivity index (χ2n) is 7.01. The van der Waals surface area contributed by atoms with Crippen LogP contribution in [0.5, 0.6) is 5.75 Å². The molecule has 2 aromatic rings. The van der Waals surface area contributed by atoms with Crippen LogP contribution >= 0.6 is 0 Å². The fraction of sp³-hybridized carbons (Fsp3) is 0.476. The third-order valence-corrected chi connectivity index (χ3v) is 5.45. The summed E-state index contributed by atoms with van der Waals surface area (Å²) < 4.78 is 17.0. The highest BCUT2D eigenvalue weighted by molar-refractivity contribution is 5.92. The van der Waals surface area contributed by atoms with Crippen molar-refractivity contribution in [1.29, 1.82) is 0 Å². The van der Waals surface area contributed by atoms with Gasteiger partial charge in [0.2, 0.25) is 0 Å². The van der Waals surface area contributed by atoms with Gasteiger partial charge in [-0.05, 0) is 48.6 Å². The first-order valence-electron chi connectivity index (χ1n) is 9.64. The molecule has 1 atom stereocenters. The Bertz CT molecular complexity index is 830. The Morgan fingerprint density at radius 1 is 1.30 bits per heavy atom. The molecule has 0 spiro atoms. The molecule has 1 fully saturated rings. The van der Waals surface area contributed by atoms with Gasteiger partial charge in [-0.1, -0.05) is 13.0 Å². The first kappa shape index (κ1) is 17.9. The molecular formula is C21H26N2O4. The first-order valence-corrected chi connectivity index (χ1v) is 9.64. The summed E-state index contributed by atoms with van der Waals surface area (Å²) in [5.41, 5.74) is 3.29. The van der Waals surface area contributed by atoms with Crippen LogP contribution in [0.3, 0.4) is 0 Å². The summed E-state index contributed by atoms with van der Waals surface area (Å²) in [5.74, 6) is 2.39. The van der Waals surface area contributed by atoms with Crippen LogP contribution in [0.1, 0.15) is 42.0 Å². The van der Waals surface area contributed by atoms with E-state index in [0.29, 0.717) is 25.5 Å². The molecule has 1 aromatic carbocycles. The lowest BCUT2D eigenvalue weighted by Crippen LogP contribution is -2.45. The molecule has 2 aliphatic rings. The number of anilines is 1. The Hall–Kier alpha value is -2.47. The van der Waals surface area contributed by atoms with Crippen LogP contribution in [0, 0.1) is 0 Å². The lowest BCUT2D eigenvalue weighted by Gasteiger charge is -2.34. The zero-order chi connectivity index (χ0) is 18.8. The smallest absolute Gasteiger partial charge is 0.322 e. The average Bonchev–Trinajstić information content (AvgIpc) is 3.37. The number of rotatable bonds is 4. The molecule has 1 aliphatic heterocycles. The summed E-state index contributed by atoms with van der Waals surface area (Å²) in [5, 5.41) is 3.12. The van der Waals surface area contributed by atoms with Crippen LogP contribution in [0.15, 0.2) is 28.7 Å². The summed E-state index contributed by atoms with van der Waals surface area (Å²) >= 11 is 0. The normalized spacial score (nSPS) is 19.0. The van der Waals surface area contributed by atoms with Gasteiger partial charge in [0.15, 0.2) is 0 Å². The average molecular weight is 370 g/mol. The fourth-order valence-corrected chi connectivity index (χ4v) is 3.98. The number of amides is 2. The Labute approximate surface area is 159 Å². The molecule has 4 rings (SSSR count). The summed E-state index contributed by atoms with van der Waals surface area (Å²) in [6.07, 6.45) is 3.95. The van der Waals surface area contributed by atoms with Crippen LogP contribution in [-0.2, 0) is 24.0 Å². The number of fused-ring (bicyclic) bond motifs is 1. The van der Waals surface area contributed by atoms with E-state index in [-0.39, 0.29) is 12.1 Å². The number of carbonyl (C=O) groups is 1. The van der Waals surface area contributed by atoms with Gasteiger partial charge in [0.1, 0.15) is 23.3 Å². The topological polar surface area (TPSA) is 63.9 Å². The Kier molecular flexibility index (Phi) is 5.07. The summed E-state index contributed by atoms with van der Waals surface area (Å²) in [4.78, 5) is 15.0. The van der Waals surface area contributed by atoms with E-state index < -0.39 is 0 Å². The van der Waals surface area contributed by atoms with E-state index in [1.807, 2.05) is 25.1 Å². The SMILES string of the molecule is CCc1ccc(C2COCCN2C(=O)Nc2c(OC)ccc3c2CCC3)o1. The van der Waals surface area contributed by atoms with Crippen molar-refractivity contribution in [3.05, 3.63) is 46.9 Å².